The third kappa shape index (κ3) is 3.57. The van der Waals surface area contributed by atoms with Crippen molar-refractivity contribution < 1.29 is 14.7 Å². The summed E-state index contributed by atoms with van der Waals surface area (Å²) in [5.74, 6) is -0.854. The van der Waals surface area contributed by atoms with Gasteiger partial charge in [-0.25, -0.2) is 0 Å². The van der Waals surface area contributed by atoms with E-state index in [2.05, 4.69) is 5.32 Å². The first-order valence-corrected chi connectivity index (χ1v) is 6.76. The molecule has 1 atom stereocenters. The lowest BCUT2D eigenvalue weighted by molar-refractivity contribution is -0.147. The summed E-state index contributed by atoms with van der Waals surface area (Å²) in [5, 5.41) is 12.0. The van der Waals surface area contributed by atoms with Crippen LogP contribution in [0.1, 0.15) is 18.9 Å². The second kappa shape index (κ2) is 6.05. The molecule has 5 heteroatoms. The van der Waals surface area contributed by atoms with Crippen LogP contribution in [0, 0.1) is 5.41 Å². The number of rotatable bonds is 5. The van der Waals surface area contributed by atoms with E-state index in [1.54, 1.807) is 6.92 Å². The van der Waals surface area contributed by atoms with Crippen molar-refractivity contribution in [2.45, 2.75) is 19.9 Å². The molecule has 20 heavy (non-hydrogen) atoms. The zero-order chi connectivity index (χ0) is 14.6. The standard InChI is InChI=1S/C15H20N2O3/c1-15(14(19)20)7-8-17(11-15)10-13(18)16-9-12-5-3-2-4-6-12/h2-6H,7-11H2,1H3,(H,16,18)(H,19,20). The Kier molecular flexibility index (Phi) is 4.39. The molecule has 1 aromatic carbocycles. The van der Waals surface area contributed by atoms with Crippen LogP contribution >= 0.6 is 0 Å². The molecule has 0 spiro atoms. The predicted molar refractivity (Wildman–Crippen MR) is 75.1 cm³/mol. The van der Waals surface area contributed by atoms with Gasteiger partial charge >= 0.3 is 5.97 Å². The molecule has 2 N–H and O–H groups in total. The number of carboxylic acid groups (broad SMARTS) is 1. The van der Waals surface area contributed by atoms with Gasteiger partial charge < -0.3 is 10.4 Å². The molecule has 0 aromatic heterocycles. The molecule has 0 bridgehead atoms. The second-order valence-electron chi connectivity index (χ2n) is 5.59. The molecule has 2 rings (SSSR count). The number of amides is 1. The van der Waals surface area contributed by atoms with Crippen molar-refractivity contribution >= 4 is 11.9 Å². The summed E-state index contributed by atoms with van der Waals surface area (Å²) >= 11 is 0. The third-order valence-corrected chi connectivity index (χ3v) is 3.77. The summed E-state index contributed by atoms with van der Waals surface area (Å²) in [5.41, 5.74) is 0.331. The zero-order valence-electron chi connectivity index (χ0n) is 11.6. The molecular formula is C15H20N2O3. The average Bonchev–Trinajstić information content (AvgIpc) is 2.80. The molecule has 108 valence electrons. The fraction of sp³-hybridized carbons (Fsp3) is 0.467. The predicted octanol–water partition coefficient (Wildman–Crippen LogP) is 1.10. The summed E-state index contributed by atoms with van der Waals surface area (Å²) in [6.07, 6.45) is 0.592. The molecular weight excluding hydrogens is 256 g/mol. The van der Waals surface area contributed by atoms with Gasteiger partial charge in [-0.1, -0.05) is 30.3 Å². The number of likely N-dealkylation sites (tertiary alicyclic amines) is 1. The van der Waals surface area contributed by atoms with Crippen LogP contribution in [-0.4, -0.2) is 41.5 Å². The molecule has 0 radical (unpaired) electrons. The number of benzene rings is 1. The Labute approximate surface area is 118 Å². The van der Waals surface area contributed by atoms with Crippen LogP contribution < -0.4 is 5.32 Å². The molecule has 1 aliphatic rings. The SMILES string of the molecule is CC1(C(=O)O)CCN(CC(=O)NCc2ccccc2)C1. The normalized spacial score (nSPS) is 22.6. The molecule has 1 heterocycles. The van der Waals surface area contributed by atoms with E-state index in [0.29, 0.717) is 26.1 Å². The van der Waals surface area contributed by atoms with Crippen molar-refractivity contribution in [3.05, 3.63) is 35.9 Å². The molecule has 5 nitrogen and oxygen atoms in total. The second-order valence-corrected chi connectivity index (χ2v) is 5.59. The Morgan fingerprint density at radius 3 is 2.65 bits per heavy atom. The summed E-state index contributed by atoms with van der Waals surface area (Å²) in [4.78, 5) is 24.9. The average molecular weight is 276 g/mol. The highest BCUT2D eigenvalue weighted by molar-refractivity contribution is 5.79. The van der Waals surface area contributed by atoms with E-state index in [4.69, 9.17) is 5.11 Å². The number of hydrogen-bond donors (Lipinski definition) is 2. The maximum atomic E-state index is 11.9. The Balaban J connectivity index is 1.77. The van der Waals surface area contributed by atoms with Crippen molar-refractivity contribution in [1.29, 1.82) is 0 Å². The minimum atomic E-state index is -0.787. The van der Waals surface area contributed by atoms with Crippen molar-refractivity contribution in [3.63, 3.8) is 0 Å². The quantitative estimate of drug-likeness (QED) is 0.845. The third-order valence-electron chi connectivity index (χ3n) is 3.77. The fourth-order valence-corrected chi connectivity index (χ4v) is 2.42. The number of aliphatic carboxylic acids is 1. The van der Waals surface area contributed by atoms with Crippen LogP contribution in [0.4, 0.5) is 0 Å². The minimum Gasteiger partial charge on any atom is -0.481 e. The van der Waals surface area contributed by atoms with Crippen molar-refractivity contribution in [2.75, 3.05) is 19.6 Å². The Morgan fingerprint density at radius 1 is 1.35 bits per heavy atom. The zero-order valence-corrected chi connectivity index (χ0v) is 11.6. The van der Waals surface area contributed by atoms with E-state index in [1.807, 2.05) is 35.2 Å². The first-order chi connectivity index (χ1) is 9.49. The van der Waals surface area contributed by atoms with Crippen molar-refractivity contribution in [3.8, 4) is 0 Å². The number of carbonyl (C=O) groups is 2. The fourth-order valence-electron chi connectivity index (χ4n) is 2.42. The summed E-state index contributed by atoms with van der Waals surface area (Å²) in [7, 11) is 0. The van der Waals surface area contributed by atoms with Gasteiger partial charge in [-0.3, -0.25) is 14.5 Å². The van der Waals surface area contributed by atoms with Gasteiger partial charge in [0.05, 0.1) is 12.0 Å². The summed E-state index contributed by atoms with van der Waals surface area (Å²) in [6, 6.07) is 9.71. The maximum absolute atomic E-state index is 11.9. The lowest BCUT2D eigenvalue weighted by Crippen LogP contribution is -2.38. The monoisotopic (exact) mass is 276 g/mol. The van der Waals surface area contributed by atoms with E-state index >= 15 is 0 Å². The Morgan fingerprint density at radius 2 is 2.05 bits per heavy atom. The molecule has 1 saturated heterocycles. The molecule has 0 saturated carbocycles. The Bertz CT molecular complexity index is 489. The molecule has 1 aliphatic heterocycles. The van der Waals surface area contributed by atoms with E-state index in [-0.39, 0.29) is 12.5 Å². The van der Waals surface area contributed by atoms with E-state index in [0.717, 1.165) is 5.56 Å². The number of carbonyl (C=O) groups excluding carboxylic acids is 1. The Hall–Kier alpha value is -1.88. The first-order valence-electron chi connectivity index (χ1n) is 6.76. The lowest BCUT2D eigenvalue weighted by Gasteiger charge is -2.19. The van der Waals surface area contributed by atoms with Gasteiger partial charge in [0, 0.05) is 13.1 Å². The topological polar surface area (TPSA) is 69.6 Å². The number of hydrogen-bond acceptors (Lipinski definition) is 3. The maximum Gasteiger partial charge on any atom is 0.310 e. The minimum absolute atomic E-state index is 0.0662. The van der Waals surface area contributed by atoms with Crippen LogP contribution in [0.5, 0.6) is 0 Å². The highest BCUT2D eigenvalue weighted by Crippen LogP contribution is 2.29. The van der Waals surface area contributed by atoms with Gasteiger partial charge in [0.2, 0.25) is 5.91 Å². The van der Waals surface area contributed by atoms with Crippen molar-refractivity contribution in [2.24, 2.45) is 5.41 Å². The smallest absolute Gasteiger partial charge is 0.310 e. The molecule has 0 aliphatic carbocycles. The van der Waals surface area contributed by atoms with Gasteiger partial charge in [-0.15, -0.1) is 0 Å². The van der Waals surface area contributed by atoms with E-state index in [1.165, 1.54) is 0 Å². The van der Waals surface area contributed by atoms with Gasteiger partial charge in [0.15, 0.2) is 0 Å². The van der Waals surface area contributed by atoms with Crippen LogP contribution in [0.25, 0.3) is 0 Å². The van der Waals surface area contributed by atoms with Crippen LogP contribution in [-0.2, 0) is 16.1 Å². The van der Waals surface area contributed by atoms with E-state index < -0.39 is 11.4 Å². The molecule has 1 unspecified atom stereocenters. The van der Waals surface area contributed by atoms with Crippen LogP contribution in [0.15, 0.2) is 30.3 Å². The summed E-state index contributed by atoms with van der Waals surface area (Å²) in [6.45, 7) is 3.58. The van der Waals surface area contributed by atoms with Gasteiger partial charge in [-0.05, 0) is 25.5 Å². The number of nitrogens with one attached hydrogen (secondary N) is 1. The van der Waals surface area contributed by atoms with Gasteiger partial charge in [0.25, 0.3) is 0 Å². The molecule has 1 amide bonds. The number of carboxylic acids is 1. The molecule has 1 fully saturated rings. The van der Waals surface area contributed by atoms with Gasteiger partial charge in [0.1, 0.15) is 0 Å². The highest BCUT2D eigenvalue weighted by Gasteiger charge is 2.40. The van der Waals surface area contributed by atoms with Crippen LogP contribution in [0.2, 0.25) is 0 Å². The highest BCUT2D eigenvalue weighted by atomic mass is 16.4. The van der Waals surface area contributed by atoms with Crippen molar-refractivity contribution in [1.82, 2.24) is 10.2 Å². The number of nitrogens with zero attached hydrogens (tertiary/aromatic N) is 1. The van der Waals surface area contributed by atoms with Gasteiger partial charge in [-0.2, -0.15) is 0 Å². The first kappa shape index (κ1) is 14.5. The lowest BCUT2D eigenvalue weighted by atomic mass is 9.90. The largest absolute Gasteiger partial charge is 0.481 e. The molecule has 1 aromatic rings. The summed E-state index contributed by atoms with van der Waals surface area (Å²) < 4.78 is 0. The van der Waals surface area contributed by atoms with E-state index in [9.17, 15) is 9.59 Å². The van der Waals surface area contributed by atoms with Crippen LogP contribution in [0.3, 0.4) is 0 Å².